The zero-order chi connectivity index (χ0) is 13.6. The van der Waals surface area contributed by atoms with Crippen molar-refractivity contribution in [3.63, 3.8) is 0 Å². The number of rotatable bonds is 1. The third-order valence-corrected chi connectivity index (χ3v) is 3.83. The van der Waals surface area contributed by atoms with Gasteiger partial charge in [-0.05, 0) is 26.3 Å². The summed E-state index contributed by atoms with van der Waals surface area (Å²) in [5, 5.41) is 0. The predicted octanol–water partition coefficient (Wildman–Crippen LogP) is 1.60. The number of carbonyl (C=O) groups is 1. The molecule has 0 radical (unpaired) electrons. The first-order valence-corrected chi connectivity index (χ1v) is 6.32. The number of esters is 1. The summed E-state index contributed by atoms with van der Waals surface area (Å²) < 4.78 is 10.8. The van der Waals surface area contributed by atoms with E-state index in [2.05, 4.69) is 9.98 Å². The third kappa shape index (κ3) is 1.80. The fourth-order valence-corrected chi connectivity index (χ4v) is 2.83. The van der Waals surface area contributed by atoms with E-state index in [0.29, 0.717) is 6.42 Å². The molecule has 0 N–H and O–H groups in total. The zero-order valence-corrected chi connectivity index (χ0v) is 11.2. The van der Waals surface area contributed by atoms with Crippen molar-refractivity contribution in [1.82, 2.24) is 4.98 Å². The molecule has 2 aliphatic heterocycles. The maximum atomic E-state index is 11.7. The molecule has 2 atom stereocenters. The number of hydrogen-bond acceptors (Lipinski definition) is 5. The van der Waals surface area contributed by atoms with Crippen LogP contribution >= 0.6 is 0 Å². The van der Waals surface area contributed by atoms with E-state index in [1.165, 1.54) is 7.11 Å². The Morgan fingerprint density at radius 2 is 2.32 bits per heavy atom. The summed E-state index contributed by atoms with van der Waals surface area (Å²) in [6, 6.07) is 1.46. The van der Waals surface area contributed by atoms with Crippen LogP contribution in [0.1, 0.15) is 25.8 Å². The van der Waals surface area contributed by atoms with E-state index in [9.17, 15) is 4.79 Å². The molecular weight excluding hydrogens is 244 g/mol. The van der Waals surface area contributed by atoms with E-state index in [-0.39, 0.29) is 11.9 Å². The van der Waals surface area contributed by atoms with Crippen molar-refractivity contribution < 1.29 is 14.3 Å². The van der Waals surface area contributed by atoms with Gasteiger partial charge >= 0.3 is 5.97 Å². The summed E-state index contributed by atoms with van der Waals surface area (Å²) in [6.45, 7) is 4.03. The molecule has 3 rings (SSSR count). The topological polar surface area (TPSA) is 60.8 Å². The summed E-state index contributed by atoms with van der Waals surface area (Å²) in [4.78, 5) is 20.3. The van der Waals surface area contributed by atoms with Crippen molar-refractivity contribution in [2.75, 3.05) is 7.11 Å². The Hall–Kier alpha value is -1.91. The van der Waals surface area contributed by atoms with Crippen LogP contribution in [0.2, 0.25) is 0 Å². The molecule has 1 aromatic heterocycles. The lowest BCUT2D eigenvalue weighted by molar-refractivity contribution is -0.142. The first-order valence-electron chi connectivity index (χ1n) is 6.32. The number of fused-ring (bicyclic) bond motifs is 3. The molecule has 0 spiro atoms. The Labute approximate surface area is 111 Å². The molecule has 0 saturated heterocycles. The van der Waals surface area contributed by atoms with E-state index in [1.54, 1.807) is 12.4 Å². The highest BCUT2D eigenvalue weighted by Crippen LogP contribution is 2.42. The first kappa shape index (κ1) is 12.1. The summed E-state index contributed by atoms with van der Waals surface area (Å²) >= 11 is 0. The SMILES string of the molecule is COC(=O)C1CC2C(=N1)c1ccncc1OC2(C)C. The molecule has 100 valence electrons. The highest BCUT2D eigenvalue weighted by Gasteiger charge is 2.47. The number of nitrogens with zero attached hydrogens (tertiary/aromatic N) is 2. The molecule has 0 fully saturated rings. The summed E-state index contributed by atoms with van der Waals surface area (Å²) in [5.74, 6) is 0.549. The second-order valence-corrected chi connectivity index (χ2v) is 5.42. The smallest absolute Gasteiger partial charge is 0.330 e. The average Bonchev–Trinajstić information content (AvgIpc) is 2.84. The lowest BCUT2D eigenvalue weighted by Crippen LogP contribution is -2.45. The van der Waals surface area contributed by atoms with Gasteiger partial charge in [-0.25, -0.2) is 4.79 Å². The fourth-order valence-electron chi connectivity index (χ4n) is 2.83. The quantitative estimate of drug-likeness (QED) is 0.720. The minimum absolute atomic E-state index is 0.103. The van der Waals surface area contributed by atoms with Gasteiger partial charge in [0.2, 0.25) is 0 Å². The molecule has 0 aromatic carbocycles. The van der Waals surface area contributed by atoms with Gasteiger partial charge in [0.15, 0.2) is 0 Å². The molecule has 2 unspecified atom stereocenters. The largest absolute Gasteiger partial charge is 0.485 e. The van der Waals surface area contributed by atoms with Crippen LogP contribution in [-0.4, -0.2) is 35.4 Å². The van der Waals surface area contributed by atoms with Crippen molar-refractivity contribution >= 4 is 11.7 Å². The minimum atomic E-state index is -0.424. The molecule has 0 saturated carbocycles. The van der Waals surface area contributed by atoms with Gasteiger partial charge in [-0.3, -0.25) is 9.98 Å². The van der Waals surface area contributed by atoms with Gasteiger partial charge in [0.1, 0.15) is 17.4 Å². The number of methoxy groups -OCH3 is 1. The predicted molar refractivity (Wildman–Crippen MR) is 69.4 cm³/mol. The van der Waals surface area contributed by atoms with Gasteiger partial charge in [-0.1, -0.05) is 0 Å². The van der Waals surface area contributed by atoms with Crippen LogP contribution in [0, 0.1) is 5.92 Å². The third-order valence-electron chi connectivity index (χ3n) is 3.83. The average molecular weight is 260 g/mol. The van der Waals surface area contributed by atoms with E-state index < -0.39 is 11.6 Å². The molecule has 1 aromatic rings. The van der Waals surface area contributed by atoms with Crippen molar-refractivity contribution in [2.24, 2.45) is 10.9 Å². The molecule has 0 aliphatic carbocycles. The van der Waals surface area contributed by atoms with Gasteiger partial charge in [0.25, 0.3) is 0 Å². The van der Waals surface area contributed by atoms with Gasteiger partial charge in [0, 0.05) is 17.7 Å². The van der Waals surface area contributed by atoms with Crippen molar-refractivity contribution in [3.8, 4) is 5.75 Å². The van der Waals surface area contributed by atoms with Crippen LogP contribution in [0.25, 0.3) is 0 Å². The van der Waals surface area contributed by atoms with Gasteiger partial charge in [-0.2, -0.15) is 0 Å². The highest BCUT2D eigenvalue weighted by molar-refractivity contribution is 6.08. The number of aromatic nitrogens is 1. The van der Waals surface area contributed by atoms with E-state index in [4.69, 9.17) is 9.47 Å². The van der Waals surface area contributed by atoms with E-state index >= 15 is 0 Å². The van der Waals surface area contributed by atoms with Crippen molar-refractivity contribution in [1.29, 1.82) is 0 Å². The number of hydrogen-bond donors (Lipinski definition) is 0. The highest BCUT2D eigenvalue weighted by atomic mass is 16.5. The van der Waals surface area contributed by atoms with E-state index in [1.807, 2.05) is 19.9 Å². The van der Waals surface area contributed by atoms with Crippen LogP contribution in [-0.2, 0) is 9.53 Å². The van der Waals surface area contributed by atoms with Crippen molar-refractivity contribution in [2.45, 2.75) is 31.9 Å². The van der Waals surface area contributed by atoms with Crippen LogP contribution in [0.4, 0.5) is 0 Å². The molecule has 2 aliphatic rings. The minimum Gasteiger partial charge on any atom is -0.485 e. The monoisotopic (exact) mass is 260 g/mol. The standard InChI is InChI=1S/C14H16N2O3/c1-14(2)9-6-10(13(17)18-3)16-12(9)8-4-5-15-7-11(8)19-14/h4-5,7,9-10H,6H2,1-3H3. The number of ether oxygens (including phenoxy) is 2. The normalized spacial score (nSPS) is 26.8. The molecule has 19 heavy (non-hydrogen) atoms. The van der Waals surface area contributed by atoms with Crippen LogP contribution in [0.5, 0.6) is 5.75 Å². The summed E-state index contributed by atoms with van der Waals surface area (Å²) in [6.07, 6.45) is 4.05. The second-order valence-electron chi connectivity index (χ2n) is 5.42. The Morgan fingerprint density at radius 1 is 1.53 bits per heavy atom. The summed E-state index contributed by atoms with van der Waals surface area (Å²) in [7, 11) is 1.39. The zero-order valence-electron chi connectivity index (χ0n) is 11.2. The maximum absolute atomic E-state index is 11.7. The number of carbonyl (C=O) groups excluding carboxylic acids is 1. The molecule has 0 amide bonds. The molecule has 5 heteroatoms. The lowest BCUT2D eigenvalue weighted by atomic mass is 9.80. The van der Waals surface area contributed by atoms with Crippen LogP contribution in [0.15, 0.2) is 23.5 Å². The Bertz CT molecular complexity index is 566. The number of pyridine rings is 1. The molecular formula is C14H16N2O3. The number of aliphatic imine (C=N–C) groups is 1. The Kier molecular flexibility index (Phi) is 2.59. The van der Waals surface area contributed by atoms with Gasteiger partial charge in [-0.15, -0.1) is 0 Å². The fraction of sp³-hybridized carbons (Fsp3) is 0.500. The lowest BCUT2D eigenvalue weighted by Gasteiger charge is -2.38. The first-order chi connectivity index (χ1) is 9.03. The summed E-state index contributed by atoms with van der Waals surface area (Å²) in [5.41, 5.74) is 1.48. The molecule has 5 nitrogen and oxygen atoms in total. The van der Waals surface area contributed by atoms with E-state index in [0.717, 1.165) is 17.0 Å². The maximum Gasteiger partial charge on any atom is 0.330 e. The Morgan fingerprint density at radius 3 is 3.05 bits per heavy atom. The molecule has 3 heterocycles. The van der Waals surface area contributed by atoms with Crippen LogP contribution in [0.3, 0.4) is 0 Å². The van der Waals surface area contributed by atoms with Gasteiger partial charge in [0.05, 0.1) is 19.0 Å². The molecule has 0 bridgehead atoms. The second kappa shape index (κ2) is 4.05. The van der Waals surface area contributed by atoms with Crippen molar-refractivity contribution in [3.05, 3.63) is 24.0 Å². The Balaban J connectivity index is 2.07. The van der Waals surface area contributed by atoms with Gasteiger partial charge < -0.3 is 9.47 Å². The van der Waals surface area contributed by atoms with Crippen LogP contribution < -0.4 is 4.74 Å².